The number of ether oxygens (including phenoxy) is 2. The Morgan fingerprint density at radius 1 is 1.28 bits per heavy atom. The lowest BCUT2D eigenvalue weighted by molar-refractivity contribution is -0.192. The van der Waals surface area contributed by atoms with E-state index in [1.54, 1.807) is 12.1 Å². The molecule has 32 heavy (non-hydrogen) atoms. The number of hydrogen-bond acceptors (Lipinski definition) is 6. The molecule has 176 valence electrons. The van der Waals surface area contributed by atoms with Gasteiger partial charge in [0, 0.05) is 42.7 Å². The summed E-state index contributed by atoms with van der Waals surface area (Å²) < 4.78 is 69.8. The third kappa shape index (κ3) is 5.91. The summed E-state index contributed by atoms with van der Waals surface area (Å²) in [6.45, 7) is 0.722. The summed E-state index contributed by atoms with van der Waals surface area (Å²) in [5.41, 5.74) is 0.647. The molecule has 0 spiro atoms. The molecule has 2 N–H and O–H groups in total. The van der Waals surface area contributed by atoms with E-state index < -0.39 is 31.1 Å². The van der Waals surface area contributed by atoms with Crippen LogP contribution in [0.1, 0.15) is 23.2 Å². The minimum Gasteiger partial charge on any atom is -0.475 e. The number of halogens is 5. The van der Waals surface area contributed by atoms with Gasteiger partial charge in [0.2, 0.25) is 0 Å². The number of aliphatic carboxylic acids is 1. The number of nitrogens with zero attached hydrogens (tertiary/aromatic N) is 2. The van der Waals surface area contributed by atoms with Gasteiger partial charge >= 0.3 is 18.1 Å². The normalized spacial score (nSPS) is 22.9. The van der Waals surface area contributed by atoms with Gasteiger partial charge in [-0.1, -0.05) is 0 Å². The Kier molecular flexibility index (Phi) is 7.29. The summed E-state index contributed by atoms with van der Waals surface area (Å²) in [5.74, 6) is -3.25. The molecule has 0 amide bonds. The van der Waals surface area contributed by atoms with E-state index >= 15 is 0 Å². The number of morpholine rings is 1. The summed E-state index contributed by atoms with van der Waals surface area (Å²) in [6.07, 6.45) is -3.49. The van der Waals surface area contributed by atoms with Crippen LogP contribution in [0.4, 0.5) is 22.0 Å². The monoisotopic (exact) mass is 465 g/mol. The topological polar surface area (TPSA) is 103 Å². The molecular weight excluding hydrogens is 445 g/mol. The fraction of sp³-hybridized carbons (Fsp3) is 0.526. The molecule has 0 saturated carbocycles. The highest BCUT2D eigenvalue weighted by Gasteiger charge is 2.38. The first-order chi connectivity index (χ1) is 15.0. The number of carbonyl (C=O) groups is 2. The Balaban J connectivity index is 0.000000360. The van der Waals surface area contributed by atoms with Crippen molar-refractivity contribution in [3.05, 3.63) is 30.1 Å². The zero-order chi connectivity index (χ0) is 23.5. The Hall–Kier alpha value is -2.80. The third-order valence-electron chi connectivity index (χ3n) is 4.91. The lowest BCUT2D eigenvalue weighted by Crippen LogP contribution is -2.56. The lowest BCUT2D eigenvalue weighted by atomic mass is 9.94. The van der Waals surface area contributed by atoms with Gasteiger partial charge in [0.1, 0.15) is 11.8 Å². The summed E-state index contributed by atoms with van der Waals surface area (Å²) in [7, 11) is 0. The molecule has 0 aromatic carbocycles. The molecular formula is C19H20F5N3O5. The van der Waals surface area contributed by atoms with Crippen LogP contribution in [0, 0.1) is 0 Å². The van der Waals surface area contributed by atoms with Crippen LogP contribution < -0.4 is 5.32 Å². The summed E-state index contributed by atoms with van der Waals surface area (Å²) in [6, 6.07) is 3.75. The Bertz CT molecular complexity index is 952. The summed E-state index contributed by atoms with van der Waals surface area (Å²) >= 11 is 0. The first-order valence-corrected chi connectivity index (χ1v) is 9.61. The van der Waals surface area contributed by atoms with E-state index in [0.29, 0.717) is 37.1 Å². The minimum atomic E-state index is -5.08. The van der Waals surface area contributed by atoms with Gasteiger partial charge in [0.25, 0.3) is 6.43 Å². The van der Waals surface area contributed by atoms with Crippen LogP contribution in [0.2, 0.25) is 0 Å². The van der Waals surface area contributed by atoms with Crippen molar-refractivity contribution >= 4 is 23.0 Å². The molecule has 0 radical (unpaired) electrons. The van der Waals surface area contributed by atoms with Crippen molar-refractivity contribution in [3.63, 3.8) is 0 Å². The number of nitrogens with one attached hydrogen (secondary N) is 1. The smallest absolute Gasteiger partial charge is 0.475 e. The molecule has 4 rings (SSSR count). The van der Waals surface area contributed by atoms with Gasteiger partial charge in [-0.15, -0.1) is 0 Å². The fourth-order valence-electron chi connectivity index (χ4n) is 3.67. The highest BCUT2D eigenvalue weighted by molar-refractivity contribution is 6.03. The van der Waals surface area contributed by atoms with Crippen molar-refractivity contribution in [1.29, 1.82) is 0 Å². The van der Waals surface area contributed by atoms with Crippen LogP contribution in [0.5, 0.6) is 0 Å². The maximum atomic E-state index is 12.8. The number of fused-ring (bicyclic) bond motifs is 3. The number of carboxylic acid groups (broad SMARTS) is 1. The number of piperidine rings is 1. The molecule has 2 aromatic rings. The van der Waals surface area contributed by atoms with Crippen molar-refractivity contribution in [2.45, 2.75) is 50.2 Å². The van der Waals surface area contributed by atoms with E-state index in [-0.39, 0.29) is 23.8 Å². The van der Waals surface area contributed by atoms with Gasteiger partial charge in [-0.05, 0) is 12.1 Å². The van der Waals surface area contributed by atoms with Crippen LogP contribution in [-0.4, -0.2) is 70.6 Å². The van der Waals surface area contributed by atoms with E-state index in [1.807, 2.05) is 0 Å². The number of hydrogen-bond donors (Lipinski definition) is 2. The average Bonchev–Trinajstić information content (AvgIpc) is 3.06. The summed E-state index contributed by atoms with van der Waals surface area (Å²) in [5, 5.41) is 11.1. The second-order valence-electron chi connectivity index (χ2n) is 7.36. The van der Waals surface area contributed by atoms with Crippen LogP contribution >= 0.6 is 0 Å². The van der Waals surface area contributed by atoms with Crippen LogP contribution in [0.25, 0.3) is 11.0 Å². The van der Waals surface area contributed by atoms with Crippen molar-refractivity contribution in [2.24, 2.45) is 0 Å². The minimum absolute atomic E-state index is 0.187. The highest BCUT2D eigenvalue weighted by Crippen LogP contribution is 2.25. The van der Waals surface area contributed by atoms with Gasteiger partial charge in [0.05, 0.1) is 25.3 Å². The van der Waals surface area contributed by atoms with Gasteiger partial charge in [-0.3, -0.25) is 0 Å². The molecule has 2 atom stereocenters. The molecule has 2 bridgehead atoms. The second kappa shape index (κ2) is 9.77. The Morgan fingerprint density at radius 3 is 2.47 bits per heavy atom. The van der Waals surface area contributed by atoms with E-state index in [9.17, 15) is 26.7 Å². The predicted octanol–water partition coefficient (Wildman–Crippen LogP) is 2.61. The number of aromatic nitrogens is 2. The maximum Gasteiger partial charge on any atom is 0.490 e. The maximum absolute atomic E-state index is 12.8. The number of alkyl halides is 5. The van der Waals surface area contributed by atoms with Gasteiger partial charge in [-0.2, -0.15) is 13.2 Å². The van der Waals surface area contributed by atoms with Gasteiger partial charge in [0.15, 0.2) is 0 Å². The molecule has 2 aliphatic heterocycles. The Morgan fingerprint density at radius 2 is 1.91 bits per heavy atom. The number of rotatable bonds is 4. The van der Waals surface area contributed by atoms with E-state index in [0.717, 1.165) is 0 Å². The lowest BCUT2D eigenvalue weighted by Gasteiger charge is -2.39. The average molecular weight is 465 g/mol. The van der Waals surface area contributed by atoms with E-state index in [2.05, 4.69) is 10.3 Å². The van der Waals surface area contributed by atoms with Gasteiger partial charge < -0.3 is 24.5 Å². The highest BCUT2D eigenvalue weighted by atomic mass is 19.4. The second-order valence-corrected chi connectivity index (χ2v) is 7.36. The molecule has 2 aromatic heterocycles. The summed E-state index contributed by atoms with van der Waals surface area (Å²) in [4.78, 5) is 25.7. The molecule has 8 nitrogen and oxygen atoms in total. The molecule has 0 aliphatic carbocycles. The standard InChI is InChI=1S/C17H19F2N3O3.C2HF3O2/c18-15(19)7-22-6-14(13-2-1-3-20-16(13)22)17(23)25-12-4-10-8-24-9-11(5-12)21-10;3-2(4,5)1(6)7/h1-3,6,10-12,15,21H,4-5,7-9H2;(H,6,7). The SMILES string of the molecule is O=C(O)C(F)(F)F.O=C(OC1CC2COCC(C1)N2)c1cn(CC(F)F)c2ncccc12. The van der Waals surface area contributed by atoms with Crippen molar-refractivity contribution in [1.82, 2.24) is 14.9 Å². The number of carbonyl (C=O) groups excluding carboxylic acids is 1. The molecule has 2 unspecified atom stereocenters. The molecule has 2 fully saturated rings. The largest absolute Gasteiger partial charge is 0.490 e. The third-order valence-corrected chi connectivity index (χ3v) is 4.91. The first-order valence-electron chi connectivity index (χ1n) is 9.61. The predicted molar refractivity (Wildman–Crippen MR) is 99.4 cm³/mol. The van der Waals surface area contributed by atoms with E-state index in [4.69, 9.17) is 19.4 Å². The van der Waals surface area contributed by atoms with Crippen LogP contribution in [-0.2, 0) is 20.8 Å². The molecule has 2 aliphatic rings. The molecule has 4 heterocycles. The number of carboxylic acids is 1. The quantitative estimate of drug-likeness (QED) is 0.529. The number of pyridine rings is 1. The zero-order valence-electron chi connectivity index (χ0n) is 16.5. The Labute approximate surface area is 178 Å². The molecule has 2 saturated heterocycles. The fourth-order valence-corrected chi connectivity index (χ4v) is 3.67. The van der Waals surface area contributed by atoms with E-state index in [1.165, 1.54) is 17.0 Å². The van der Waals surface area contributed by atoms with Crippen molar-refractivity contribution in [3.8, 4) is 0 Å². The van der Waals surface area contributed by atoms with Gasteiger partial charge in [-0.25, -0.2) is 23.4 Å². The zero-order valence-corrected chi connectivity index (χ0v) is 16.5. The van der Waals surface area contributed by atoms with Crippen LogP contribution in [0.3, 0.4) is 0 Å². The van der Waals surface area contributed by atoms with Crippen molar-refractivity contribution in [2.75, 3.05) is 13.2 Å². The molecule has 13 heteroatoms. The number of esters is 1. The van der Waals surface area contributed by atoms with Crippen molar-refractivity contribution < 1.29 is 46.1 Å². The van der Waals surface area contributed by atoms with Crippen LogP contribution in [0.15, 0.2) is 24.5 Å². The first kappa shape index (κ1) is 23.9.